The zero-order valence-corrected chi connectivity index (χ0v) is 11.4. The molecular weight excluding hydrogens is 274 g/mol. The number of aromatic nitrogens is 2. The fraction of sp³-hybridized carbons (Fsp3) is 0.800. The standard InChI is InChI=1S/C10H16BrN3S/c1-8-12-10(15-13-8)14-7-3-5-9(14)4-2-6-11/h9H,2-7H2,1H3. The van der Waals surface area contributed by atoms with Gasteiger partial charge in [-0.3, -0.25) is 0 Å². The molecule has 0 amide bonds. The highest BCUT2D eigenvalue weighted by Gasteiger charge is 2.26. The smallest absolute Gasteiger partial charge is 0.205 e. The lowest BCUT2D eigenvalue weighted by molar-refractivity contribution is 0.603. The van der Waals surface area contributed by atoms with E-state index < -0.39 is 0 Å². The van der Waals surface area contributed by atoms with E-state index in [0.29, 0.717) is 6.04 Å². The highest BCUT2D eigenvalue weighted by atomic mass is 79.9. The number of anilines is 1. The first-order valence-corrected chi connectivity index (χ1v) is 7.33. The fourth-order valence-electron chi connectivity index (χ4n) is 2.10. The minimum absolute atomic E-state index is 0.690. The Balaban J connectivity index is 2.01. The molecule has 0 saturated carbocycles. The molecule has 1 aromatic heterocycles. The Hall–Kier alpha value is -0.160. The van der Waals surface area contributed by atoms with Gasteiger partial charge in [-0.2, -0.15) is 4.37 Å². The zero-order valence-electron chi connectivity index (χ0n) is 8.95. The van der Waals surface area contributed by atoms with Crippen molar-refractivity contribution < 1.29 is 0 Å². The number of rotatable bonds is 4. The van der Waals surface area contributed by atoms with Gasteiger partial charge in [-0.25, -0.2) is 4.98 Å². The van der Waals surface area contributed by atoms with Crippen LogP contribution in [-0.4, -0.2) is 27.3 Å². The summed E-state index contributed by atoms with van der Waals surface area (Å²) in [7, 11) is 0. The first kappa shape index (κ1) is 11.3. The molecule has 1 saturated heterocycles. The van der Waals surface area contributed by atoms with Crippen LogP contribution in [0, 0.1) is 6.92 Å². The number of hydrogen-bond donors (Lipinski definition) is 0. The lowest BCUT2D eigenvalue weighted by Gasteiger charge is -2.23. The minimum atomic E-state index is 0.690. The number of nitrogens with zero attached hydrogens (tertiary/aromatic N) is 3. The van der Waals surface area contributed by atoms with Gasteiger partial charge in [-0.05, 0) is 32.6 Å². The number of hydrogen-bond acceptors (Lipinski definition) is 4. The maximum absolute atomic E-state index is 4.47. The van der Waals surface area contributed by atoms with E-state index in [1.165, 1.54) is 37.2 Å². The summed E-state index contributed by atoms with van der Waals surface area (Å²) in [5, 5.41) is 2.22. The number of alkyl halides is 1. The van der Waals surface area contributed by atoms with E-state index in [0.717, 1.165) is 22.8 Å². The SMILES string of the molecule is Cc1nsc(N2CCCC2CCCBr)n1. The van der Waals surface area contributed by atoms with Crippen LogP contribution in [0.15, 0.2) is 0 Å². The minimum Gasteiger partial charge on any atom is -0.344 e. The third-order valence-corrected chi connectivity index (χ3v) is 4.22. The third-order valence-electron chi connectivity index (χ3n) is 2.81. The molecule has 0 bridgehead atoms. The van der Waals surface area contributed by atoms with Crippen LogP contribution in [0.1, 0.15) is 31.5 Å². The summed E-state index contributed by atoms with van der Waals surface area (Å²) in [6.07, 6.45) is 5.13. The highest BCUT2D eigenvalue weighted by molar-refractivity contribution is 9.09. The Morgan fingerprint density at radius 2 is 2.47 bits per heavy atom. The molecule has 0 spiro atoms. The second-order valence-electron chi connectivity index (χ2n) is 3.94. The van der Waals surface area contributed by atoms with Gasteiger partial charge in [0.2, 0.25) is 5.13 Å². The Morgan fingerprint density at radius 3 is 3.13 bits per heavy atom. The van der Waals surface area contributed by atoms with Gasteiger partial charge in [-0.1, -0.05) is 15.9 Å². The van der Waals surface area contributed by atoms with Gasteiger partial charge >= 0.3 is 0 Å². The van der Waals surface area contributed by atoms with Crippen LogP contribution in [0.5, 0.6) is 0 Å². The van der Waals surface area contributed by atoms with Crippen molar-refractivity contribution in [3.8, 4) is 0 Å². The second-order valence-corrected chi connectivity index (χ2v) is 5.47. The Morgan fingerprint density at radius 1 is 1.60 bits per heavy atom. The van der Waals surface area contributed by atoms with E-state index in [1.54, 1.807) is 0 Å². The zero-order chi connectivity index (χ0) is 10.7. The van der Waals surface area contributed by atoms with Crippen LogP contribution in [-0.2, 0) is 0 Å². The molecule has 0 aliphatic carbocycles. The van der Waals surface area contributed by atoms with Crippen molar-refractivity contribution in [3.05, 3.63) is 5.82 Å². The predicted molar refractivity (Wildman–Crippen MR) is 68.0 cm³/mol. The first-order chi connectivity index (χ1) is 7.31. The number of halogens is 1. The van der Waals surface area contributed by atoms with E-state index in [2.05, 4.69) is 30.2 Å². The summed E-state index contributed by atoms with van der Waals surface area (Å²) in [5.41, 5.74) is 0. The molecule has 2 heterocycles. The topological polar surface area (TPSA) is 29.0 Å². The average molecular weight is 290 g/mol. The first-order valence-electron chi connectivity index (χ1n) is 5.44. The van der Waals surface area contributed by atoms with E-state index in [1.807, 2.05) is 6.92 Å². The maximum atomic E-state index is 4.47. The van der Waals surface area contributed by atoms with Crippen molar-refractivity contribution in [1.29, 1.82) is 0 Å². The van der Waals surface area contributed by atoms with E-state index in [-0.39, 0.29) is 0 Å². The van der Waals surface area contributed by atoms with Crippen molar-refractivity contribution in [2.45, 2.75) is 38.6 Å². The van der Waals surface area contributed by atoms with Gasteiger partial charge in [0.25, 0.3) is 0 Å². The van der Waals surface area contributed by atoms with Gasteiger partial charge in [0.15, 0.2) is 0 Å². The molecule has 1 aliphatic heterocycles. The molecule has 1 atom stereocenters. The van der Waals surface area contributed by atoms with Crippen LogP contribution >= 0.6 is 27.5 Å². The Labute approximate surface area is 103 Å². The monoisotopic (exact) mass is 289 g/mol. The molecule has 2 rings (SSSR count). The van der Waals surface area contributed by atoms with Gasteiger partial charge in [0, 0.05) is 29.4 Å². The number of aryl methyl sites for hydroxylation is 1. The summed E-state index contributed by atoms with van der Waals surface area (Å²) >= 11 is 5.03. The Kier molecular flexibility index (Phi) is 3.97. The van der Waals surface area contributed by atoms with Crippen molar-refractivity contribution in [1.82, 2.24) is 9.36 Å². The summed E-state index contributed by atoms with van der Waals surface area (Å²) in [6, 6.07) is 0.690. The molecule has 0 N–H and O–H groups in total. The molecule has 0 radical (unpaired) electrons. The van der Waals surface area contributed by atoms with Gasteiger partial charge < -0.3 is 4.90 Å². The normalized spacial score (nSPS) is 21.2. The van der Waals surface area contributed by atoms with Crippen molar-refractivity contribution in [2.24, 2.45) is 0 Å². The molecule has 3 nitrogen and oxygen atoms in total. The lowest BCUT2D eigenvalue weighted by Crippen LogP contribution is -2.29. The van der Waals surface area contributed by atoms with E-state index >= 15 is 0 Å². The van der Waals surface area contributed by atoms with E-state index in [9.17, 15) is 0 Å². The lowest BCUT2D eigenvalue weighted by atomic mass is 10.1. The largest absolute Gasteiger partial charge is 0.344 e. The van der Waals surface area contributed by atoms with Gasteiger partial charge in [0.05, 0.1) is 0 Å². The second kappa shape index (κ2) is 5.25. The van der Waals surface area contributed by atoms with Crippen LogP contribution in [0.3, 0.4) is 0 Å². The van der Waals surface area contributed by atoms with Crippen LogP contribution < -0.4 is 4.90 Å². The molecule has 84 valence electrons. The molecule has 0 aromatic carbocycles. The average Bonchev–Trinajstić information content (AvgIpc) is 2.82. The highest BCUT2D eigenvalue weighted by Crippen LogP contribution is 2.29. The Bertz CT molecular complexity index is 315. The van der Waals surface area contributed by atoms with Crippen molar-refractivity contribution in [3.63, 3.8) is 0 Å². The fourth-order valence-corrected chi connectivity index (χ4v) is 3.20. The van der Waals surface area contributed by atoms with E-state index in [4.69, 9.17) is 0 Å². The van der Waals surface area contributed by atoms with Gasteiger partial charge in [0.1, 0.15) is 5.82 Å². The summed E-state index contributed by atoms with van der Waals surface area (Å²) < 4.78 is 4.26. The van der Waals surface area contributed by atoms with Crippen LogP contribution in [0.2, 0.25) is 0 Å². The molecule has 1 fully saturated rings. The molecular formula is C10H16BrN3S. The van der Waals surface area contributed by atoms with Crippen molar-refractivity contribution >= 4 is 32.6 Å². The molecule has 1 aromatic rings. The molecule has 5 heteroatoms. The maximum Gasteiger partial charge on any atom is 0.205 e. The van der Waals surface area contributed by atoms with Crippen molar-refractivity contribution in [2.75, 3.05) is 16.8 Å². The summed E-state index contributed by atoms with van der Waals surface area (Å²) in [5.74, 6) is 0.904. The van der Waals surface area contributed by atoms with Gasteiger partial charge in [-0.15, -0.1) is 0 Å². The molecule has 15 heavy (non-hydrogen) atoms. The van der Waals surface area contributed by atoms with Crippen LogP contribution in [0.4, 0.5) is 5.13 Å². The predicted octanol–water partition coefficient (Wildman–Crippen LogP) is 2.99. The molecule has 1 aliphatic rings. The summed E-state index contributed by atoms with van der Waals surface area (Å²) in [6.45, 7) is 3.12. The summed E-state index contributed by atoms with van der Waals surface area (Å²) in [4.78, 5) is 6.91. The quantitative estimate of drug-likeness (QED) is 0.798. The molecule has 1 unspecified atom stereocenters. The third kappa shape index (κ3) is 2.69. The van der Waals surface area contributed by atoms with Crippen LogP contribution in [0.25, 0.3) is 0 Å².